The Balaban J connectivity index is 2.04. The van der Waals surface area contributed by atoms with Crippen LogP contribution in [-0.2, 0) is 29.9 Å². The monoisotopic (exact) mass is 498 g/mol. The molecule has 1 unspecified atom stereocenters. The maximum atomic E-state index is 12.8. The molecule has 5 N–H and O–H groups in total. The van der Waals surface area contributed by atoms with E-state index in [1.54, 1.807) is 32.2 Å². The highest BCUT2D eigenvalue weighted by Gasteiger charge is 2.33. The molecule has 0 fully saturated rings. The van der Waals surface area contributed by atoms with Crippen molar-refractivity contribution in [1.29, 1.82) is 0 Å². The van der Waals surface area contributed by atoms with Crippen molar-refractivity contribution in [1.82, 2.24) is 20.7 Å². The molecule has 13 heteroatoms. The van der Waals surface area contributed by atoms with Crippen molar-refractivity contribution < 1.29 is 33.5 Å². The fraction of sp³-hybridized carbons (Fsp3) is 0.400. The van der Waals surface area contributed by atoms with Gasteiger partial charge in [-0.05, 0) is 11.5 Å². The number of nitrogens with one attached hydrogen (secondary N) is 3. The molecule has 180 valence electrons. The van der Waals surface area contributed by atoms with E-state index in [1.165, 1.54) is 18.3 Å². The quantitative estimate of drug-likeness (QED) is 0.216. The van der Waals surface area contributed by atoms with E-state index in [0.717, 1.165) is 10.6 Å². The zero-order valence-electron chi connectivity index (χ0n) is 18.3. The lowest BCUT2D eigenvalue weighted by molar-refractivity contribution is -0.142. The number of hydrogen-bond acceptors (Lipinski definition) is 7. The van der Waals surface area contributed by atoms with Crippen molar-refractivity contribution in [3.63, 3.8) is 0 Å². The van der Waals surface area contributed by atoms with Crippen LogP contribution in [0.1, 0.15) is 26.3 Å². The van der Waals surface area contributed by atoms with Crippen molar-refractivity contribution in [3.05, 3.63) is 41.4 Å². The third-order valence-corrected chi connectivity index (χ3v) is 6.41. The first kappa shape index (κ1) is 26.6. The van der Waals surface area contributed by atoms with Crippen LogP contribution in [0.25, 0.3) is 10.6 Å². The summed E-state index contributed by atoms with van der Waals surface area (Å²) in [4.78, 5) is 49.6. The number of aromatic nitrogens is 1. The molecule has 1 aromatic heterocycles. The zero-order valence-corrected chi connectivity index (χ0v) is 20.1. The Morgan fingerprint density at radius 2 is 1.88 bits per heavy atom. The van der Waals surface area contributed by atoms with Crippen molar-refractivity contribution >= 4 is 36.9 Å². The van der Waals surface area contributed by atoms with E-state index in [1.807, 2.05) is 17.5 Å². The molecule has 1 heterocycles. The van der Waals surface area contributed by atoms with E-state index >= 15 is 0 Å². The van der Waals surface area contributed by atoms with Crippen molar-refractivity contribution in [2.24, 2.45) is 5.92 Å². The Kier molecular flexibility index (Phi) is 9.69. The van der Waals surface area contributed by atoms with Gasteiger partial charge in [0.05, 0.1) is 6.04 Å². The molecule has 2 rings (SSSR count). The number of carboxylic acids is 1. The highest BCUT2D eigenvalue weighted by atomic mass is 32.1. The molecule has 3 atom stereocenters. The number of rotatable bonds is 12. The average Bonchev–Trinajstić information content (AvgIpc) is 3.26. The fourth-order valence-electron chi connectivity index (χ4n) is 2.79. The molecule has 0 aliphatic heterocycles. The van der Waals surface area contributed by atoms with Gasteiger partial charge in [0, 0.05) is 30.5 Å². The van der Waals surface area contributed by atoms with Crippen LogP contribution in [0.4, 0.5) is 0 Å². The van der Waals surface area contributed by atoms with E-state index in [0.29, 0.717) is 5.56 Å². The minimum absolute atomic E-state index is 0.0137. The Bertz CT molecular complexity index is 998. The predicted octanol–water partition coefficient (Wildman–Crippen LogP) is 1.75. The van der Waals surface area contributed by atoms with E-state index in [-0.39, 0.29) is 6.42 Å². The van der Waals surface area contributed by atoms with Crippen LogP contribution >= 0.6 is 19.1 Å². The second-order valence-electron chi connectivity index (χ2n) is 7.52. The van der Waals surface area contributed by atoms with Crippen LogP contribution in [0.2, 0.25) is 0 Å². The molecule has 0 spiro atoms. The summed E-state index contributed by atoms with van der Waals surface area (Å²) in [7, 11) is -4.45. The minimum Gasteiger partial charge on any atom is -0.480 e. The van der Waals surface area contributed by atoms with Crippen molar-refractivity contribution in [3.8, 4) is 10.6 Å². The lowest BCUT2D eigenvalue weighted by Crippen LogP contribution is -2.52. The maximum Gasteiger partial charge on any atom is 0.405 e. The largest absolute Gasteiger partial charge is 0.480 e. The van der Waals surface area contributed by atoms with Crippen molar-refractivity contribution in [2.75, 3.05) is 6.73 Å². The number of benzene rings is 1. The van der Waals surface area contributed by atoms with Gasteiger partial charge in [0.15, 0.2) is 0 Å². The fourth-order valence-corrected chi connectivity index (χ4v) is 4.52. The first-order chi connectivity index (χ1) is 15.5. The summed E-state index contributed by atoms with van der Waals surface area (Å²) < 4.78 is 17.0. The molecule has 1 aromatic carbocycles. The Labute approximate surface area is 195 Å². The molecule has 0 bridgehead atoms. The summed E-state index contributed by atoms with van der Waals surface area (Å²) in [5.74, 6) is -2.95. The number of amides is 2. The number of aliphatic carboxylic acids is 1. The van der Waals surface area contributed by atoms with Crippen LogP contribution < -0.4 is 15.7 Å². The molecule has 33 heavy (non-hydrogen) atoms. The summed E-state index contributed by atoms with van der Waals surface area (Å²) >= 11 is 1.48. The number of carbonyl (C=O) groups excluding carboxylic acids is 2. The smallest absolute Gasteiger partial charge is 0.405 e. The lowest BCUT2D eigenvalue weighted by atomic mass is 10.0. The first-order valence-corrected chi connectivity index (χ1v) is 12.5. The minimum atomic E-state index is -4.45. The second kappa shape index (κ2) is 12.0. The summed E-state index contributed by atoms with van der Waals surface area (Å²) in [5, 5.41) is 19.1. The lowest BCUT2D eigenvalue weighted by Gasteiger charge is -2.26. The summed E-state index contributed by atoms with van der Waals surface area (Å²) in [5.41, 5.74) is 1.58. The zero-order chi connectivity index (χ0) is 24.6. The number of thiazole rings is 1. The second-order valence-corrected chi connectivity index (χ2v) is 9.97. The molecule has 0 aliphatic rings. The standard InChI is InChI=1S/C20H27N4O7PS/c1-12(2)17(24-32(29,30)31-11-22-13(3)25)18(26)23-16(20(27)28)10-14-4-6-15(7-5-14)19-21-8-9-33-19/h4-9,12,16-17H,10-11H2,1-3H3,(H,22,25)(H,23,26)(H,27,28)(H2,24,29,30)/t16-,17-/m0/s1. The van der Waals surface area contributed by atoms with Gasteiger partial charge in [0.2, 0.25) is 11.8 Å². The van der Waals surface area contributed by atoms with Crippen LogP contribution in [0.3, 0.4) is 0 Å². The van der Waals surface area contributed by atoms with Gasteiger partial charge in [-0.2, -0.15) is 0 Å². The molecule has 2 amide bonds. The normalized spacial score (nSPS) is 14.8. The summed E-state index contributed by atoms with van der Waals surface area (Å²) in [6, 6.07) is 4.68. The molecule has 0 saturated heterocycles. The van der Waals surface area contributed by atoms with Gasteiger partial charge < -0.3 is 20.6 Å². The Hall–Kier alpha value is -2.63. The number of hydrogen-bond donors (Lipinski definition) is 5. The third kappa shape index (κ3) is 8.67. The topological polar surface area (TPSA) is 167 Å². The Morgan fingerprint density at radius 3 is 2.39 bits per heavy atom. The van der Waals surface area contributed by atoms with Gasteiger partial charge in [-0.15, -0.1) is 11.3 Å². The SMILES string of the molecule is CC(=O)NCOP(=O)(O)N[C@H](C(=O)N[C@@H](Cc1ccc(-c2nccs2)cc1)C(=O)O)C(C)C. The van der Waals surface area contributed by atoms with Gasteiger partial charge in [0.1, 0.15) is 17.8 Å². The molecule has 0 radical (unpaired) electrons. The van der Waals surface area contributed by atoms with E-state index in [9.17, 15) is 28.9 Å². The van der Waals surface area contributed by atoms with Crippen LogP contribution in [0.15, 0.2) is 35.8 Å². The van der Waals surface area contributed by atoms with E-state index < -0.39 is 50.3 Å². The molecule has 11 nitrogen and oxygen atoms in total. The molecular formula is C20H27N4O7PS. The number of carbonyl (C=O) groups is 3. The van der Waals surface area contributed by atoms with Gasteiger partial charge in [-0.25, -0.2) is 19.4 Å². The number of nitrogens with zero attached hydrogens (tertiary/aromatic N) is 1. The van der Waals surface area contributed by atoms with Gasteiger partial charge in [-0.3, -0.25) is 14.1 Å². The molecular weight excluding hydrogens is 471 g/mol. The molecule has 0 aliphatic carbocycles. The third-order valence-electron chi connectivity index (χ3n) is 4.50. The van der Waals surface area contributed by atoms with Crippen LogP contribution in [0.5, 0.6) is 0 Å². The maximum absolute atomic E-state index is 12.8. The highest BCUT2D eigenvalue weighted by molar-refractivity contribution is 7.50. The number of carboxylic acid groups (broad SMARTS) is 1. The van der Waals surface area contributed by atoms with Gasteiger partial charge in [0.25, 0.3) is 0 Å². The van der Waals surface area contributed by atoms with E-state index in [2.05, 4.69) is 20.7 Å². The molecule has 0 saturated carbocycles. The summed E-state index contributed by atoms with van der Waals surface area (Å²) in [6.45, 7) is 3.93. The van der Waals surface area contributed by atoms with E-state index in [4.69, 9.17) is 4.52 Å². The Morgan fingerprint density at radius 1 is 1.21 bits per heavy atom. The van der Waals surface area contributed by atoms with Gasteiger partial charge >= 0.3 is 13.7 Å². The molecule has 2 aromatic rings. The summed E-state index contributed by atoms with van der Waals surface area (Å²) in [6.07, 6.45) is 1.71. The average molecular weight is 498 g/mol. The van der Waals surface area contributed by atoms with Crippen LogP contribution in [-0.4, -0.2) is 51.6 Å². The van der Waals surface area contributed by atoms with Gasteiger partial charge in [-0.1, -0.05) is 38.1 Å². The first-order valence-electron chi connectivity index (χ1n) is 10.00. The van der Waals surface area contributed by atoms with Crippen LogP contribution in [0, 0.1) is 5.92 Å². The predicted molar refractivity (Wildman–Crippen MR) is 122 cm³/mol. The highest BCUT2D eigenvalue weighted by Crippen LogP contribution is 2.37. The van der Waals surface area contributed by atoms with Crippen molar-refractivity contribution in [2.45, 2.75) is 39.3 Å².